The van der Waals surface area contributed by atoms with Gasteiger partial charge in [-0.2, -0.15) is 0 Å². The number of aliphatic hydroxyl groups excluding tert-OH is 7. The number of carbonyl (C=O) groups is 1. The van der Waals surface area contributed by atoms with Crippen LogP contribution in [0.15, 0.2) is 48.6 Å². The van der Waals surface area contributed by atoms with Crippen molar-refractivity contribution in [3.05, 3.63) is 48.6 Å². The van der Waals surface area contributed by atoms with Crippen molar-refractivity contribution in [1.82, 2.24) is 5.32 Å². The molecule has 0 aromatic rings. The summed E-state index contributed by atoms with van der Waals surface area (Å²) in [6, 6.07) is -1.20. The number of allylic oxidation sites excluding steroid dienone is 8. The van der Waals surface area contributed by atoms with Crippen molar-refractivity contribution in [2.75, 3.05) is 13.2 Å². The van der Waals surface area contributed by atoms with Crippen molar-refractivity contribution in [2.24, 2.45) is 0 Å². The van der Waals surface area contributed by atoms with E-state index >= 15 is 0 Å². The highest BCUT2D eigenvalue weighted by Crippen LogP contribution is 2.23. The molecule has 0 radical (unpaired) electrons. The summed E-state index contributed by atoms with van der Waals surface area (Å²) in [4.78, 5) is 13.1. The first-order valence-corrected chi connectivity index (χ1v) is 29.1. The van der Waals surface area contributed by atoms with Crippen molar-refractivity contribution >= 4 is 5.91 Å². The zero-order chi connectivity index (χ0) is 51.1. The van der Waals surface area contributed by atoms with Crippen LogP contribution in [-0.4, -0.2) is 110 Å². The van der Waals surface area contributed by atoms with E-state index in [0.717, 1.165) is 57.8 Å². The number of aliphatic hydroxyl groups is 7. The van der Waals surface area contributed by atoms with Crippen LogP contribution >= 0.6 is 0 Å². The maximum atomic E-state index is 13.1. The first-order valence-electron chi connectivity index (χ1n) is 29.1. The van der Waals surface area contributed by atoms with Crippen LogP contribution < -0.4 is 5.32 Å². The van der Waals surface area contributed by atoms with Gasteiger partial charge in [0, 0.05) is 0 Å². The number of ether oxygens (including phenoxy) is 2. The maximum Gasteiger partial charge on any atom is 0.249 e. The van der Waals surface area contributed by atoms with Gasteiger partial charge in [-0.05, 0) is 77.0 Å². The maximum absolute atomic E-state index is 13.1. The Morgan fingerprint density at radius 3 is 1.39 bits per heavy atom. The number of hydrogen-bond acceptors (Lipinski definition) is 10. The topological polar surface area (TPSA) is 189 Å². The lowest BCUT2D eigenvalue weighted by Gasteiger charge is -2.40. The minimum absolute atomic E-state index is 0.231. The first-order chi connectivity index (χ1) is 34.2. The molecule has 0 aromatic carbocycles. The highest BCUT2D eigenvalue weighted by atomic mass is 16.7. The lowest BCUT2D eigenvalue weighted by Crippen LogP contribution is -2.60. The molecule has 8 N–H and O–H groups in total. The molecule has 11 nitrogen and oxygen atoms in total. The molecule has 0 bridgehead atoms. The Kier molecular flexibility index (Phi) is 45.3. The predicted molar refractivity (Wildman–Crippen MR) is 288 cm³/mol. The second-order valence-corrected chi connectivity index (χ2v) is 20.4. The summed E-state index contributed by atoms with van der Waals surface area (Å²) in [6.45, 7) is 3.40. The average Bonchev–Trinajstić information content (AvgIpc) is 3.36. The summed E-state index contributed by atoms with van der Waals surface area (Å²) in [7, 11) is 0. The minimum Gasteiger partial charge on any atom is -0.394 e. The zero-order valence-corrected chi connectivity index (χ0v) is 44.7. The van der Waals surface area contributed by atoms with Crippen LogP contribution in [-0.2, 0) is 14.3 Å². The van der Waals surface area contributed by atoms with Crippen LogP contribution in [0.25, 0.3) is 0 Å². The molecule has 1 saturated heterocycles. The molecule has 9 unspecified atom stereocenters. The molecule has 1 heterocycles. The quantitative estimate of drug-likeness (QED) is 0.0165. The molecule has 70 heavy (non-hydrogen) atoms. The van der Waals surface area contributed by atoms with Gasteiger partial charge >= 0.3 is 0 Å². The molecule has 1 amide bonds. The lowest BCUT2D eigenvalue weighted by molar-refractivity contribution is -0.303. The van der Waals surface area contributed by atoms with E-state index in [1.54, 1.807) is 0 Å². The fourth-order valence-corrected chi connectivity index (χ4v) is 9.10. The third kappa shape index (κ3) is 36.1. The van der Waals surface area contributed by atoms with Gasteiger partial charge in [0.25, 0.3) is 0 Å². The summed E-state index contributed by atoms with van der Waals surface area (Å²) < 4.78 is 11.1. The highest BCUT2D eigenvalue weighted by molar-refractivity contribution is 5.80. The van der Waals surface area contributed by atoms with Gasteiger partial charge < -0.3 is 50.5 Å². The van der Waals surface area contributed by atoms with Gasteiger partial charge in [0.2, 0.25) is 5.91 Å². The second-order valence-electron chi connectivity index (χ2n) is 20.4. The number of carbonyl (C=O) groups excluding carboxylic acids is 1. The number of nitrogens with one attached hydrogen (secondary N) is 1. The van der Waals surface area contributed by atoms with Crippen molar-refractivity contribution in [3.63, 3.8) is 0 Å². The molecular formula is C59H109NO10. The molecule has 1 rings (SSSR count). The molecule has 0 aromatic heterocycles. The van der Waals surface area contributed by atoms with Crippen LogP contribution in [0.1, 0.15) is 251 Å². The third-order valence-electron chi connectivity index (χ3n) is 13.9. The SMILES string of the molecule is CCCCC/C=C\C=C/CCCCCCCC(O)C(=O)NC(COC1OC(CO)C(O)C(O)C1O)C(O)C(O)CCC/C=C/CC/C=C/CCCCCCCCCCCCCCCCCCCCCC. The van der Waals surface area contributed by atoms with E-state index in [4.69, 9.17) is 9.47 Å². The van der Waals surface area contributed by atoms with Gasteiger partial charge in [0.15, 0.2) is 6.29 Å². The summed E-state index contributed by atoms with van der Waals surface area (Å²) in [5, 5.41) is 76.0. The fourth-order valence-electron chi connectivity index (χ4n) is 9.10. The number of unbranched alkanes of at least 4 members (excludes halogenated alkanes) is 30. The van der Waals surface area contributed by atoms with E-state index < -0.39 is 74.2 Å². The van der Waals surface area contributed by atoms with E-state index in [0.29, 0.717) is 19.3 Å². The van der Waals surface area contributed by atoms with E-state index in [-0.39, 0.29) is 12.8 Å². The normalized spacial score (nSPS) is 20.6. The summed E-state index contributed by atoms with van der Waals surface area (Å²) in [6.07, 6.45) is 49.0. The zero-order valence-electron chi connectivity index (χ0n) is 44.7. The van der Waals surface area contributed by atoms with Gasteiger partial charge in [0.1, 0.15) is 36.6 Å². The average molecular weight is 993 g/mol. The van der Waals surface area contributed by atoms with Crippen LogP contribution in [0.5, 0.6) is 0 Å². The van der Waals surface area contributed by atoms with Crippen LogP contribution in [0.3, 0.4) is 0 Å². The second kappa shape index (κ2) is 48.0. The summed E-state index contributed by atoms with van der Waals surface area (Å²) in [5.41, 5.74) is 0. The van der Waals surface area contributed by atoms with Gasteiger partial charge in [-0.25, -0.2) is 0 Å². The first kappa shape index (κ1) is 66.1. The van der Waals surface area contributed by atoms with Gasteiger partial charge in [-0.1, -0.05) is 223 Å². The Bertz CT molecular complexity index is 1280. The Labute approximate surface area is 428 Å². The van der Waals surface area contributed by atoms with E-state index in [1.807, 2.05) is 0 Å². The molecule has 1 fully saturated rings. The predicted octanol–water partition coefficient (Wildman–Crippen LogP) is 12.1. The van der Waals surface area contributed by atoms with Crippen molar-refractivity contribution in [1.29, 1.82) is 0 Å². The smallest absolute Gasteiger partial charge is 0.249 e. The molecule has 0 saturated carbocycles. The van der Waals surface area contributed by atoms with Gasteiger partial charge in [-0.3, -0.25) is 4.79 Å². The Morgan fingerprint density at radius 1 is 0.500 bits per heavy atom. The summed E-state index contributed by atoms with van der Waals surface area (Å²) >= 11 is 0. The van der Waals surface area contributed by atoms with Gasteiger partial charge in [-0.15, -0.1) is 0 Å². The Morgan fingerprint density at radius 2 is 0.900 bits per heavy atom. The molecule has 1 aliphatic rings. The third-order valence-corrected chi connectivity index (χ3v) is 13.9. The highest BCUT2D eigenvalue weighted by Gasteiger charge is 2.44. The fraction of sp³-hybridized carbons (Fsp3) is 0.847. The van der Waals surface area contributed by atoms with Crippen LogP contribution in [0.2, 0.25) is 0 Å². The standard InChI is InChI=1S/C59H109NO10/c1-3-5-7-9-11-13-15-17-19-20-21-22-23-24-25-26-27-28-29-30-31-32-33-35-36-38-40-42-44-46-51(62)54(64)50(49-69-59-57(67)56(66)55(65)53(48-61)70-59)60-58(68)52(63)47-45-43-41-39-37-34-18-16-14-12-10-8-6-4-2/h12,14,16,18,32-33,38,40,50-57,59,61-67H,3-11,13,15,17,19-31,34-37,39,41-49H2,1-2H3,(H,60,68)/b14-12-,18-16-,33-32+,40-38+. The van der Waals surface area contributed by atoms with Crippen LogP contribution in [0.4, 0.5) is 0 Å². The Balaban J connectivity index is 2.30. The van der Waals surface area contributed by atoms with E-state index in [1.165, 1.54) is 148 Å². The Hall–Kier alpha value is -1.93. The molecule has 0 spiro atoms. The van der Waals surface area contributed by atoms with Gasteiger partial charge in [0.05, 0.1) is 25.4 Å². The molecule has 1 aliphatic heterocycles. The number of amides is 1. The minimum atomic E-state index is -1.68. The molecular weight excluding hydrogens is 883 g/mol. The molecule has 410 valence electrons. The largest absolute Gasteiger partial charge is 0.394 e. The number of rotatable bonds is 49. The van der Waals surface area contributed by atoms with E-state index in [9.17, 15) is 40.5 Å². The van der Waals surface area contributed by atoms with Crippen molar-refractivity contribution < 1.29 is 50.0 Å². The van der Waals surface area contributed by atoms with E-state index in [2.05, 4.69) is 67.8 Å². The monoisotopic (exact) mass is 992 g/mol. The summed E-state index contributed by atoms with van der Waals surface area (Å²) in [5.74, 6) is -0.723. The lowest BCUT2D eigenvalue weighted by atomic mass is 9.98. The molecule has 11 heteroatoms. The molecule has 9 atom stereocenters. The van der Waals surface area contributed by atoms with Crippen molar-refractivity contribution in [2.45, 2.75) is 306 Å². The van der Waals surface area contributed by atoms with Crippen LogP contribution in [0, 0.1) is 0 Å². The van der Waals surface area contributed by atoms with Crippen molar-refractivity contribution in [3.8, 4) is 0 Å². The molecule has 0 aliphatic carbocycles. The number of hydrogen-bond donors (Lipinski definition) is 8.